The smallest absolute Gasteiger partial charge is 0.263 e. The molecule has 3 N–H and O–H groups in total. The molecule has 0 unspecified atom stereocenters. The molecule has 0 radical (unpaired) electrons. The summed E-state index contributed by atoms with van der Waals surface area (Å²) in [5.41, 5.74) is 2.35. The molecule has 0 fully saturated rings. The van der Waals surface area contributed by atoms with Crippen molar-refractivity contribution in [3.05, 3.63) is 59.5 Å². The minimum Gasteiger partial charge on any atom is -0.487 e. The highest BCUT2D eigenvalue weighted by molar-refractivity contribution is 7.21. The number of hydrogen-bond acceptors (Lipinski definition) is 6. The topological polar surface area (TPSA) is 99.8 Å². The standard InChI is InChI=1S/C25H24N4O4S/c1-4-21(30)29-12-14(3)33-19-7-6-16(10-18(19)29)28-24(31)15-5-8-20-17(9-15)22-23(34-20)25(32)27-13(2)11-26-22/h4-10,13-14,26H,1,11-12H2,2-3H3,(H,27,32)(H,28,31)/t13-,14-/m1/s1. The Kier molecular flexibility index (Phi) is 5.49. The Morgan fingerprint density at radius 2 is 2.06 bits per heavy atom. The van der Waals surface area contributed by atoms with Crippen LogP contribution in [0.4, 0.5) is 17.1 Å². The van der Waals surface area contributed by atoms with Crippen molar-refractivity contribution in [3.8, 4) is 5.75 Å². The number of rotatable bonds is 3. The number of hydrogen-bond donors (Lipinski definition) is 3. The van der Waals surface area contributed by atoms with Crippen molar-refractivity contribution in [3.63, 3.8) is 0 Å². The molecule has 3 amide bonds. The van der Waals surface area contributed by atoms with Gasteiger partial charge in [0.1, 0.15) is 16.7 Å². The molecule has 0 spiro atoms. The minimum atomic E-state index is -0.292. The van der Waals surface area contributed by atoms with E-state index in [0.717, 1.165) is 15.8 Å². The first-order valence-electron chi connectivity index (χ1n) is 11.0. The average molecular weight is 477 g/mol. The van der Waals surface area contributed by atoms with Crippen LogP contribution in [0.3, 0.4) is 0 Å². The van der Waals surface area contributed by atoms with E-state index in [1.54, 1.807) is 35.2 Å². The monoisotopic (exact) mass is 476 g/mol. The van der Waals surface area contributed by atoms with Gasteiger partial charge >= 0.3 is 0 Å². The van der Waals surface area contributed by atoms with Gasteiger partial charge in [0.2, 0.25) is 0 Å². The van der Waals surface area contributed by atoms with Crippen molar-refractivity contribution in [2.45, 2.75) is 26.0 Å². The van der Waals surface area contributed by atoms with E-state index in [1.807, 2.05) is 19.9 Å². The Morgan fingerprint density at radius 1 is 1.24 bits per heavy atom. The van der Waals surface area contributed by atoms with Crippen LogP contribution in [0.1, 0.15) is 33.9 Å². The van der Waals surface area contributed by atoms with Crippen LogP contribution >= 0.6 is 11.3 Å². The number of thiophene rings is 1. The number of carbonyl (C=O) groups excluding carboxylic acids is 3. The van der Waals surface area contributed by atoms with Crippen LogP contribution in [0.5, 0.6) is 5.75 Å². The normalized spacial score (nSPS) is 19.1. The van der Waals surface area contributed by atoms with Crippen LogP contribution in [0, 0.1) is 0 Å². The highest BCUT2D eigenvalue weighted by Crippen LogP contribution is 2.38. The molecule has 0 bridgehead atoms. The summed E-state index contributed by atoms with van der Waals surface area (Å²) in [7, 11) is 0. The van der Waals surface area contributed by atoms with E-state index in [0.29, 0.717) is 40.7 Å². The molecule has 3 aromatic rings. The predicted molar refractivity (Wildman–Crippen MR) is 134 cm³/mol. The fourth-order valence-corrected chi connectivity index (χ4v) is 5.27. The fourth-order valence-electron chi connectivity index (χ4n) is 4.21. The van der Waals surface area contributed by atoms with Crippen LogP contribution in [0.2, 0.25) is 0 Å². The van der Waals surface area contributed by atoms with Gasteiger partial charge in [-0.05, 0) is 56.3 Å². The van der Waals surface area contributed by atoms with E-state index >= 15 is 0 Å². The number of nitrogens with zero attached hydrogens (tertiary/aromatic N) is 1. The lowest BCUT2D eigenvalue weighted by molar-refractivity contribution is -0.114. The molecule has 8 nitrogen and oxygen atoms in total. The van der Waals surface area contributed by atoms with E-state index in [2.05, 4.69) is 22.5 Å². The molecule has 2 atom stereocenters. The largest absolute Gasteiger partial charge is 0.487 e. The van der Waals surface area contributed by atoms with E-state index in [-0.39, 0.29) is 29.9 Å². The van der Waals surface area contributed by atoms with Crippen LogP contribution in [0.15, 0.2) is 49.1 Å². The number of carbonyl (C=O) groups is 3. The number of amides is 3. The van der Waals surface area contributed by atoms with E-state index in [4.69, 9.17) is 4.74 Å². The summed E-state index contributed by atoms with van der Waals surface area (Å²) < 4.78 is 6.77. The third-order valence-corrected chi connectivity index (χ3v) is 7.00. The van der Waals surface area contributed by atoms with Crippen LogP contribution in [-0.2, 0) is 4.79 Å². The maximum Gasteiger partial charge on any atom is 0.263 e. The number of ether oxygens (including phenoxy) is 1. The fraction of sp³-hybridized carbons (Fsp3) is 0.240. The average Bonchev–Trinajstić information content (AvgIpc) is 3.13. The highest BCUT2D eigenvalue weighted by Gasteiger charge is 2.27. The summed E-state index contributed by atoms with van der Waals surface area (Å²) >= 11 is 1.40. The quantitative estimate of drug-likeness (QED) is 0.497. The van der Waals surface area contributed by atoms with E-state index in [1.165, 1.54) is 17.4 Å². The third-order valence-electron chi connectivity index (χ3n) is 5.84. The molecule has 1 aromatic heterocycles. The lowest BCUT2D eigenvalue weighted by atomic mass is 10.1. The van der Waals surface area contributed by atoms with Crippen molar-refractivity contribution in [1.29, 1.82) is 0 Å². The molecule has 0 aliphatic carbocycles. The summed E-state index contributed by atoms with van der Waals surface area (Å²) in [5, 5.41) is 10.0. The summed E-state index contributed by atoms with van der Waals surface area (Å²) in [4.78, 5) is 40.2. The van der Waals surface area contributed by atoms with Crippen LogP contribution in [-0.4, -0.2) is 43.0 Å². The van der Waals surface area contributed by atoms with Gasteiger partial charge < -0.3 is 25.6 Å². The van der Waals surface area contributed by atoms with Crippen molar-refractivity contribution < 1.29 is 19.1 Å². The molecule has 5 rings (SSSR count). The first-order valence-corrected chi connectivity index (χ1v) is 11.8. The van der Waals surface area contributed by atoms with Gasteiger partial charge in [0.15, 0.2) is 0 Å². The molecule has 9 heteroatoms. The van der Waals surface area contributed by atoms with E-state index < -0.39 is 0 Å². The number of anilines is 3. The molecule has 2 aliphatic rings. The zero-order valence-electron chi connectivity index (χ0n) is 18.8. The molecule has 0 saturated carbocycles. The first-order chi connectivity index (χ1) is 16.3. The van der Waals surface area contributed by atoms with Crippen LogP contribution in [0.25, 0.3) is 10.1 Å². The molecule has 174 valence electrons. The zero-order valence-corrected chi connectivity index (χ0v) is 19.6. The lowest BCUT2D eigenvalue weighted by Gasteiger charge is -2.33. The summed E-state index contributed by atoms with van der Waals surface area (Å²) in [6.45, 7) is 8.42. The van der Waals surface area contributed by atoms with Crippen molar-refractivity contribution >= 4 is 56.2 Å². The van der Waals surface area contributed by atoms with Gasteiger partial charge in [-0.25, -0.2) is 0 Å². The van der Waals surface area contributed by atoms with Gasteiger partial charge in [-0.3, -0.25) is 14.4 Å². The van der Waals surface area contributed by atoms with Crippen molar-refractivity contribution in [2.24, 2.45) is 0 Å². The molecular formula is C25H24N4O4S. The molecule has 0 saturated heterocycles. The van der Waals surface area contributed by atoms with Gasteiger partial charge in [0, 0.05) is 33.9 Å². The van der Waals surface area contributed by atoms with Gasteiger partial charge in [-0.15, -0.1) is 11.3 Å². The second kappa shape index (κ2) is 8.49. The molecule has 2 aliphatic heterocycles. The first kappa shape index (κ1) is 22.0. The Balaban J connectivity index is 1.44. The van der Waals surface area contributed by atoms with Gasteiger partial charge in [-0.1, -0.05) is 6.58 Å². The zero-order chi connectivity index (χ0) is 24.0. The van der Waals surface area contributed by atoms with Crippen LogP contribution < -0.4 is 25.6 Å². The molecule has 3 heterocycles. The minimum absolute atomic E-state index is 0.0112. The van der Waals surface area contributed by atoms with Gasteiger partial charge in [0.25, 0.3) is 17.7 Å². The lowest BCUT2D eigenvalue weighted by Crippen LogP contribution is -2.41. The Bertz CT molecular complexity index is 1350. The maximum atomic E-state index is 13.1. The Hall–Kier alpha value is -3.85. The van der Waals surface area contributed by atoms with E-state index in [9.17, 15) is 14.4 Å². The second-order valence-electron chi connectivity index (χ2n) is 8.49. The SMILES string of the molecule is C=CC(=O)N1C[C@@H](C)Oc2ccc(NC(=O)c3ccc4sc5c(c4c3)NC[C@@H](C)NC5=O)cc21. The Labute approximate surface area is 200 Å². The molecule has 2 aromatic carbocycles. The molecule has 34 heavy (non-hydrogen) atoms. The van der Waals surface area contributed by atoms with Gasteiger partial charge in [-0.2, -0.15) is 0 Å². The number of fused-ring (bicyclic) bond motifs is 4. The number of nitrogens with one attached hydrogen (secondary N) is 3. The maximum absolute atomic E-state index is 13.1. The summed E-state index contributed by atoms with van der Waals surface area (Å²) in [6, 6.07) is 10.6. The second-order valence-corrected chi connectivity index (χ2v) is 9.54. The number of benzene rings is 2. The predicted octanol–water partition coefficient (Wildman–Crippen LogP) is 4.00. The van der Waals surface area contributed by atoms with Crippen molar-refractivity contribution in [1.82, 2.24) is 5.32 Å². The van der Waals surface area contributed by atoms with Gasteiger partial charge in [0.05, 0.1) is 17.9 Å². The third kappa shape index (κ3) is 3.88. The Morgan fingerprint density at radius 3 is 2.85 bits per heavy atom. The molecular weight excluding hydrogens is 452 g/mol. The summed E-state index contributed by atoms with van der Waals surface area (Å²) in [6.07, 6.45) is 1.11. The summed E-state index contributed by atoms with van der Waals surface area (Å²) in [5.74, 6) is -0.0499. The van der Waals surface area contributed by atoms with Crippen molar-refractivity contribution in [2.75, 3.05) is 28.6 Å². The highest BCUT2D eigenvalue weighted by atomic mass is 32.1.